The van der Waals surface area contributed by atoms with Crippen LogP contribution in [0.1, 0.15) is 31.1 Å². The predicted molar refractivity (Wildman–Crippen MR) is 136 cm³/mol. The standard InChI is InChI=1S/C27H19ClN2O8/c1-36-25(33)15-5-11-19(12-6-15)30-23(31)21(28)22(24(30)32)29-18-9-3-17(4-10-18)27(35)38-20-13-7-16(8-14-20)26(34)37-2/h3-14,29H,1-2H3. The normalized spacial score (nSPS) is 12.9. The van der Waals surface area contributed by atoms with Gasteiger partial charge in [0, 0.05) is 5.69 Å². The topological polar surface area (TPSA) is 128 Å². The maximum atomic E-state index is 13.0. The highest BCUT2D eigenvalue weighted by Gasteiger charge is 2.39. The van der Waals surface area contributed by atoms with Crippen LogP contribution >= 0.6 is 11.6 Å². The van der Waals surface area contributed by atoms with E-state index < -0.39 is 29.7 Å². The summed E-state index contributed by atoms with van der Waals surface area (Å²) in [7, 11) is 2.51. The van der Waals surface area contributed by atoms with E-state index in [4.69, 9.17) is 16.3 Å². The van der Waals surface area contributed by atoms with Gasteiger partial charge in [0.05, 0.1) is 36.6 Å². The third-order valence-electron chi connectivity index (χ3n) is 5.45. The van der Waals surface area contributed by atoms with Crippen molar-refractivity contribution in [3.05, 3.63) is 100 Å². The second-order valence-electron chi connectivity index (χ2n) is 7.78. The lowest BCUT2D eigenvalue weighted by atomic mass is 10.2. The Morgan fingerprint density at radius 2 is 1.16 bits per heavy atom. The van der Waals surface area contributed by atoms with Crippen LogP contribution in [0.15, 0.2) is 83.5 Å². The summed E-state index contributed by atoms with van der Waals surface area (Å²) >= 11 is 6.16. The van der Waals surface area contributed by atoms with Gasteiger partial charge >= 0.3 is 17.9 Å². The van der Waals surface area contributed by atoms with E-state index in [1.807, 2.05) is 0 Å². The van der Waals surface area contributed by atoms with Crippen LogP contribution in [0.25, 0.3) is 0 Å². The summed E-state index contributed by atoms with van der Waals surface area (Å²) in [5, 5.41) is 2.50. The first-order chi connectivity index (χ1) is 18.2. The largest absolute Gasteiger partial charge is 0.465 e. The van der Waals surface area contributed by atoms with E-state index >= 15 is 0 Å². The van der Waals surface area contributed by atoms with Gasteiger partial charge in [-0.1, -0.05) is 11.6 Å². The van der Waals surface area contributed by atoms with E-state index in [0.29, 0.717) is 11.3 Å². The number of imide groups is 1. The second kappa shape index (κ2) is 11.0. The van der Waals surface area contributed by atoms with Crippen LogP contribution in [0, 0.1) is 0 Å². The third-order valence-corrected chi connectivity index (χ3v) is 5.80. The quantitative estimate of drug-likeness (QED) is 0.272. The van der Waals surface area contributed by atoms with Crippen molar-refractivity contribution in [3.63, 3.8) is 0 Å². The van der Waals surface area contributed by atoms with E-state index in [2.05, 4.69) is 14.8 Å². The summed E-state index contributed by atoms with van der Waals surface area (Å²) in [4.78, 5) is 62.2. The molecule has 0 spiro atoms. The Bertz CT molecular complexity index is 1460. The average Bonchev–Trinajstić information content (AvgIpc) is 3.15. The van der Waals surface area contributed by atoms with Crippen LogP contribution in [0.3, 0.4) is 0 Å². The molecule has 38 heavy (non-hydrogen) atoms. The molecule has 3 aromatic rings. The second-order valence-corrected chi connectivity index (χ2v) is 8.16. The highest BCUT2D eigenvalue weighted by molar-refractivity contribution is 6.53. The van der Waals surface area contributed by atoms with Crippen LogP contribution in [0.4, 0.5) is 11.4 Å². The number of carbonyl (C=O) groups excluding carboxylic acids is 5. The molecule has 10 nitrogen and oxygen atoms in total. The summed E-state index contributed by atoms with van der Waals surface area (Å²) < 4.78 is 14.6. The third kappa shape index (κ3) is 5.25. The van der Waals surface area contributed by atoms with Gasteiger partial charge in [-0.15, -0.1) is 0 Å². The number of anilines is 2. The van der Waals surface area contributed by atoms with Gasteiger partial charge in [-0.25, -0.2) is 19.3 Å². The molecule has 1 N–H and O–H groups in total. The van der Waals surface area contributed by atoms with Crippen molar-refractivity contribution in [3.8, 4) is 5.75 Å². The number of ether oxygens (including phenoxy) is 3. The Balaban J connectivity index is 1.43. The fourth-order valence-corrected chi connectivity index (χ4v) is 3.70. The molecule has 3 aromatic carbocycles. The lowest BCUT2D eigenvalue weighted by Gasteiger charge is -2.15. The Labute approximate surface area is 221 Å². The van der Waals surface area contributed by atoms with Gasteiger partial charge in [0.15, 0.2) is 0 Å². The van der Waals surface area contributed by atoms with Crippen molar-refractivity contribution in [2.45, 2.75) is 0 Å². The number of halogens is 1. The van der Waals surface area contributed by atoms with Gasteiger partial charge in [-0.05, 0) is 72.8 Å². The van der Waals surface area contributed by atoms with Crippen LogP contribution in [0.5, 0.6) is 5.75 Å². The van der Waals surface area contributed by atoms with E-state index in [1.165, 1.54) is 87.0 Å². The van der Waals surface area contributed by atoms with Crippen LogP contribution < -0.4 is 15.0 Å². The van der Waals surface area contributed by atoms with Crippen LogP contribution in [-0.4, -0.2) is 43.9 Å². The first kappa shape index (κ1) is 26.1. The number of hydrogen-bond donors (Lipinski definition) is 1. The molecule has 0 fully saturated rings. The summed E-state index contributed by atoms with van der Waals surface area (Å²) in [6, 6.07) is 17.5. The molecule has 2 amide bonds. The number of rotatable bonds is 7. The lowest BCUT2D eigenvalue weighted by molar-refractivity contribution is -0.120. The SMILES string of the molecule is COC(=O)c1ccc(OC(=O)c2ccc(NC3=C(Cl)C(=O)N(c4ccc(C(=O)OC)cc4)C3=O)cc2)cc1. The van der Waals surface area contributed by atoms with Gasteiger partial charge in [0.25, 0.3) is 11.8 Å². The van der Waals surface area contributed by atoms with Crippen molar-refractivity contribution in [2.24, 2.45) is 0 Å². The number of hydrogen-bond acceptors (Lipinski definition) is 9. The minimum Gasteiger partial charge on any atom is -0.465 e. The Morgan fingerprint density at radius 1 is 0.684 bits per heavy atom. The molecule has 0 unspecified atom stereocenters. The molecule has 11 heteroatoms. The van der Waals surface area contributed by atoms with Crippen LogP contribution in [-0.2, 0) is 19.1 Å². The zero-order chi connectivity index (χ0) is 27.4. The van der Waals surface area contributed by atoms with E-state index in [1.54, 1.807) is 0 Å². The molecule has 0 aromatic heterocycles. The predicted octanol–water partition coefficient (Wildman–Crippen LogP) is 3.91. The highest BCUT2D eigenvalue weighted by Crippen LogP contribution is 2.30. The number of nitrogens with one attached hydrogen (secondary N) is 1. The summed E-state index contributed by atoms with van der Waals surface area (Å²) in [6.07, 6.45) is 0. The van der Waals surface area contributed by atoms with Gasteiger partial charge < -0.3 is 19.5 Å². The van der Waals surface area contributed by atoms with E-state index in [0.717, 1.165) is 4.90 Å². The zero-order valence-electron chi connectivity index (χ0n) is 20.0. The van der Waals surface area contributed by atoms with Gasteiger partial charge in [-0.2, -0.15) is 0 Å². The fourth-order valence-electron chi connectivity index (χ4n) is 3.49. The van der Waals surface area contributed by atoms with Crippen molar-refractivity contribution in [1.29, 1.82) is 0 Å². The molecule has 0 saturated carbocycles. The molecule has 4 rings (SSSR count). The van der Waals surface area contributed by atoms with Crippen molar-refractivity contribution in [2.75, 3.05) is 24.4 Å². The van der Waals surface area contributed by atoms with Crippen LogP contribution in [0.2, 0.25) is 0 Å². The van der Waals surface area contributed by atoms with Crippen molar-refractivity contribution >= 4 is 52.7 Å². The summed E-state index contributed by atoms with van der Waals surface area (Å²) in [6.45, 7) is 0. The molecular weight excluding hydrogens is 516 g/mol. The highest BCUT2D eigenvalue weighted by atomic mass is 35.5. The minimum absolute atomic E-state index is 0.144. The lowest BCUT2D eigenvalue weighted by Crippen LogP contribution is -2.32. The Hall–Kier alpha value is -4.96. The van der Waals surface area contributed by atoms with E-state index in [-0.39, 0.29) is 33.3 Å². The summed E-state index contributed by atoms with van der Waals surface area (Å²) in [5.74, 6) is -2.90. The average molecular weight is 535 g/mol. The fraction of sp³-hybridized carbons (Fsp3) is 0.0741. The molecule has 0 aliphatic carbocycles. The van der Waals surface area contributed by atoms with Gasteiger partial charge in [-0.3, -0.25) is 9.59 Å². The molecule has 0 radical (unpaired) electrons. The Morgan fingerprint density at radius 3 is 1.68 bits per heavy atom. The minimum atomic E-state index is -0.733. The number of amides is 2. The Kier molecular flexibility index (Phi) is 7.54. The number of esters is 3. The van der Waals surface area contributed by atoms with Crippen molar-refractivity contribution < 1.29 is 38.2 Å². The smallest absolute Gasteiger partial charge is 0.343 e. The van der Waals surface area contributed by atoms with Crippen molar-refractivity contribution in [1.82, 2.24) is 0 Å². The maximum absolute atomic E-state index is 13.0. The molecule has 0 bridgehead atoms. The molecular formula is C27H19ClN2O8. The zero-order valence-corrected chi connectivity index (χ0v) is 20.8. The molecule has 1 aliphatic rings. The number of nitrogens with zero attached hydrogens (tertiary/aromatic N) is 1. The van der Waals surface area contributed by atoms with E-state index in [9.17, 15) is 24.0 Å². The number of carbonyl (C=O) groups is 5. The maximum Gasteiger partial charge on any atom is 0.343 e. The first-order valence-electron chi connectivity index (χ1n) is 11.0. The molecule has 1 aliphatic heterocycles. The molecule has 0 saturated heterocycles. The van der Waals surface area contributed by atoms with Gasteiger partial charge in [0.2, 0.25) is 0 Å². The molecule has 1 heterocycles. The first-order valence-corrected chi connectivity index (χ1v) is 11.4. The van der Waals surface area contributed by atoms with Gasteiger partial charge in [0.1, 0.15) is 16.5 Å². The number of methoxy groups -OCH3 is 2. The summed E-state index contributed by atoms with van der Waals surface area (Å²) in [5.41, 5.74) is 1.25. The molecule has 0 atom stereocenters. The monoisotopic (exact) mass is 534 g/mol. The molecule has 192 valence electrons. The number of benzene rings is 3.